The molecule has 1 aliphatic carbocycles. The van der Waals surface area contributed by atoms with Crippen LogP contribution in [0, 0.1) is 11.8 Å². The molecule has 0 saturated heterocycles. The fraction of sp³-hybridized carbons (Fsp3) is 0.462. The molecule has 6 heteroatoms. The zero-order chi connectivity index (χ0) is 14.4. The highest BCUT2D eigenvalue weighted by Gasteiger charge is 2.31. The van der Waals surface area contributed by atoms with Crippen LogP contribution in [0.4, 0.5) is 0 Å². The van der Waals surface area contributed by atoms with Gasteiger partial charge in [0.15, 0.2) is 0 Å². The Bertz CT molecular complexity index is 411. The molecule has 104 valence electrons. The second kappa shape index (κ2) is 6.72. The first-order valence-corrected chi connectivity index (χ1v) is 5.86. The molecule has 0 aliphatic heterocycles. The molecule has 0 heterocycles. The monoisotopic (exact) mass is 267 g/mol. The Hall–Kier alpha value is -2.11. The molecule has 0 aromatic carbocycles. The molecular weight excluding hydrogens is 252 g/mol. The smallest absolute Gasteiger partial charge is 0.333 e. The van der Waals surface area contributed by atoms with Gasteiger partial charge in [-0.2, -0.15) is 0 Å². The van der Waals surface area contributed by atoms with E-state index in [1.165, 1.54) is 13.0 Å². The summed E-state index contributed by atoms with van der Waals surface area (Å²) in [6, 6.07) is 0. The first-order valence-electron chi connectivity index (χ1n) is 5.86. The lowest BCUT2D eigenvalue weighted by Crippen LogP contribution is -2.40. The fourth-order valence-corrected chi connectivity index (χ4v) is 1.82. The predicted molar refractivity (Wildman–Crippen MR) is 62.2 cm³/mol. The van der Waals surface area contributed by atoms with Gasteiger partial charge >= 0.3 is 11.9 Å². The van der Waals surface area contributed by atoms with E-state index in [2.05, 4.69) is 11.3 Å². The minimum Gasteiger partial charge on any atom is -0.550 e. The molecule has 6 nitrogen and oxygen atoms in total. The molecular formula is C13H15O6-. The minimum absolute atomic E-state index is 0.319. The van der Waals surface area contributed by atoms with Crippen molar-refractivity contribution in [2.45, 2.75) is 26.1 Å². The van der Waals surface area contributed by atoms with Crippen LogP contribution < -0.4 is 5.11 Å². The molecule has 0 saturated carbocycles. The third kappa shape index (κ3) is 4.24. The van der Waals surface area contributed by atoms with E-state index < -0.39 is 36.0 Å². The minimum atomic E-state index is -1.29. The van der Waals surface area contributed by atoms with Crippen LogP contribution in [0.15, 0.2) is 24.8 Å². The number of carboxylic acid groups (broad SMARTS) is 1. The third-order valence-corrected chi connectivity index (χ3v) is 2.73. The number of carbonyl (C=O) groups is 3. The Morgan fingerprint density at radius 2 is 2.11 bits per heavy atom. The van der Waals surface area contributed by atoms with Crippen molar-refractivity contribution in [3.8, 4) is 0 Å². The topological polar surface area (TPSA) is 92.7 Å². The average molecular weight is 267 g/mol. The predicted octanol–water partition coefficient (Wildman–Crippen LogP) is -0.0629. The molecule has 3 atom stereocenters. The summed E-state index contributed by atoms with van der Waals surface area (Å²) >= 11 is 0. The number of rotatable bonds is 5. The average Bonchev–Trinajstić information content (AvgIpc) is 2.38. The van der Waals surface area contributed by atoms with Gasteiger partial charge in [0.2, 0.25) is 6.29 Å². The van der Waals surface area contributed by atoms with Crippen LogP contribution in [-0.4, -0.2) is 24.2 Å². The van der Waals surface area contributed by atoms with Crippen molar-refractivity contribution in [1.29, 1.82) is 0 Å². The lowest BCUT2D eigenvalue weighted by atomic mass is 9.84. The van der Waals surface area contributed by atoms with E-state index >= 15 is 0 Å². The Morgan fingerprint density at radius 1 is 1.42 bits per heavy atom. The molecule has 0 radical (unpaired) electrons. The molecule has 3 unspecified atom stereocenters. The van der Waals surface area contributed by atoms with Crippen molar-refractivity contribution >= 4 is 17.9 Å². The molecule has 0 bridgehead atoms. The highest BCUT2D eigenvalue weighted by atomic mass is 16.7. The number of hydrogen-bond donors (Lipinski definition) is 0. The third-order valence-electron chi connectivity index (χ3n) is 2.73. The normalized spacial score (nSPS) is 23.2. The van der Waals surface area contributed by atoms with Crippen molar-refractivity contribution < 1.29 is 29.0 Å². The van der Waals surface area contributed by atoms with Gasteiger partial charge in [0.05, 0.1) is 5.92 Å². The second-order valence-electron chi connectivity index (χ2n) is 4.10. The molecule has 1 rings (SSSR count). The van der Waals surface area contributed by atoms with Gasteiger partial charge in [0.25, 0.3) is 0 Å². The Morgan fingerprint density at radius 3 is 2.68 bits per heavy atom. The van der Waals surface area contributed by atoms with E-state index in [9.17, 15) is 19.5 Å². The molecule has 0 aromatic rings. The van der Waals surface area contributed by atoms with Crippen molar-refractivity contribution in [1.82, 2.24) is 0 Å². The van der Waals surface area contributed by atoms with Crippen molar-refractivity contribution in [3.05, 3.63) is 24.8 Å². The largest absolute Gasteiger partial charge is 0.550 e. The van der Waals surface area contributed by atoms with E-state index in [-0.39, 0.29) is 0 Å². The summed E-state index contributed by atoms with van der Waals surface area (Å²) in [7, 11) is 0. The highest BCUT2D eigenvalue weighted by Crippen LogP contribution is 2.26. The van der Waals surface area contributed by atoms with Gasteiger partial charge in [-0.05, 0) is 12.8 Å². The van der Waals surface area contributed by atoms with Crippen LogP contribution in [0.2, 0.25) is 0 Å². The van der Waals surface area contributed by atoms with Gasteiger partial charge < -0.3 is 19.4 Å². The summed E-state index contributed by atoms with van der Waals surface area (Å²) in [6.07, 6.45) is 3.92. The van der Waals surface area contributed by atoms with E-state index in [0.717, 1.165) is 6.08 Å². The van der Waals surface area contributed by atoms with Gasteiger partial charge in [0.1, 0.15) is 0 Å². The standard InChI is InChI=1S/C13H16O6/c1-3-11(14)18-8(2)19-13(17)10-7-5-4-6-9(10)12(15)16/h3,5,7-10H,1,4,6H2,2H3,(H,15,16)/p-1. The summed E-state index contributed by atoms with van der Waals surface area (Å²) in [5, 5.41) is 10.9. The quantitative estimate of drug-likeness (QED) is 0.300. The number of aliphatic carboxylic acids is 1. The maximum absolute atomic E-state index is 11.8. The Kier molecular flexibility index (Phi) is 5.29. The maximum Gasteiger partial charge on any atom is 0.333 e. The summed E-state index contributed by atoms with van der Waals surface area (Å²) in [5.74, 6) is -4.60. The van der Waals surface area contributed by atoms with Crippen LogP contribution in [0.5, 0.6) is 0 Å². The summed E-state index contributed by atoms with van der Waals surface area (Å²) in [6.45, 7) is 4.57. The number of carboxylic acids is 1. The number of hydrogen-bond acceptors (Lipinski definition) is 6. The molecule has 1 aliphatic rings. The summed E-state index contributed by atoms with van der Waals surface area (Å²) in [5.41, 5.74) is 0. The van der Waals surface area contributed by atoms with Crippen LogP contribution in [0.1, 0.15) is 19.8 Å². The summed E-state index contributed by atoms with van der Waals surface area (Å²) in [4.78, 5) is 33.6. The first kappa shape index (κ1) is 14.9. The lowest BCUT2D eigenvalue weighted by Gasteiger charge is -2.27. The zero-order valence-corrected chi connectivity index (χ0v) is 10.5. The van der Waals surface area contributed by atoms with Gasteiger partial charge in [0, 0.05) is 24.9 Å². The number of esters is 2. The van der Waals surface area contributed by atoms with Gasteiger partial charge in [-0.3, -0.25) is 4.79 Å². The van der Waals surface area contributed by atoms with Gasteiger partial charge in [-0.1, -0.05) is 18.7 Å². The molecule has 0 N–H and O–H groups in total. The Labute approximate surface area is 110 Å². The molecule has 0 fully saturated rings. The van der Waals surface area contributed by atoms with Crippen molar-refractivity contribution in [2.75, 3.05) is 0 Å². The number of carbonyl (C=O) groups excluding carboxylic acids is 3. The van der Waals surface area contributed by atoms with Crippen LogP contribution >= 0.6 is 0 Å². The van der Waals surface area contributed by atoms with Crippen molar-refractivity contribution in [3.63, 3.8) is 0 Å². The summed E-state index contributed by atoms with van der Waals surface area (Å²) < 4.78 is 9.54. The lowest BCUT2D eigenvalue weighted by molar-refractivity contribution is -0.313. The van der Waals surface area contributed by atoms with E-state index in [1.54, 1.807) is 6.08 Å². The molecule has 0 spiro atoms. The SMILES string of the molecule is C=CC(=O)OC(C)OC(=O)C1C=CCCC1C(=O)[O-]. The van der Waals surface area contributed by atoms with Gasteiger partial charge in [-0.15, -0.1) is 0 Å². The van der Waals surface area contributed by atoms with Crippen LogP contribution in [-0.2, 0) is 23.9 Å². The Balaban J connectivity index is 2.62. The number of ether oxygens (including phenoxy) is 2. The van der Waals surface area contributed by atoms with E-state index in [0.29, 0.717) is 12.8 Å². The molecule has 19 heavy (non-hydrogen) atoms. The highest BCUT2D eigenvalue weighted by molar-refractivity contribution is 5.83. The second-order valence-corrected chi connectivity index (χ2v) is 4.10. The van der Waals surface area contributed by atoms with Crippen molar-refractivity contribution in [2.24, 2.45) is 11.8 Å². The number of allylic oxidation sites excluding steroid dienone is 1. The molecule has 0 amide bonds. The van der Waals surface area contributed by atoms with Gasteiger partial charge in [-0.25, -0.2) is 4.79 Å². The first-order chi connectivity index (χ1) is 8.95. The van der Waals surface area contributed by atoms with E-state index in [1.807, 2.05) is 0 Å². The zero-order valence-electron chi connectivity index (χ0n) is 10.5. The molecule has 0 aromatic heterocycles. The van der Waals surface area contributed by atoms with Crippen LogP contribution in [0.3, 0.4) is 0 Å². The fourth-order valence-electron chi connectivity index (χ4n) is 1.82. The van der Waals surface area contributed by atoms with E-state index in [4.69, 9.17) is 4.74 Å². The maximum atomic E-state index is 11.8. The van der Waals surface area contributed by atoms with Crippen LogP contribution in [0.25, 0.3) is 0 Å².